The standard InChI is InChI=1S/C15H17N3/c1-2-4-15(12-5-6-12)13(3-1)9-17-10-14-7-8-16-11-18-14/h1-4,7-8,11-12,17H,5-6,9-10H2. The third kappa shape index (κ3) is 2.74. The Morgan fingerprint density at radius 3 is 2.78 bits per heavy atom. The lowest BCUT2D eigenvalue weighted by molar-refractivity contribution is 0.673. The van der Waals surface area contributed by atoms with E-state index in [1.54, 1.807) is 12.5 Å². The predicted molar refractivity (Wildman–Crippen MR) is 71.0 cm³/mol. The van der Waals surface area contributed by atoms with Gasteiger partial charge in [-0.2, -0.15) is 0 Å². The number of hydrogen-bond acceptors (Lipinski definition) is 3. The molecule has 0 aliphatic heterocycles. The van der Waals surface area contributed by atoms with E-state index in [9.17, 15) is 0 Å². The number of rotatable bonds is 5. The van der Waals surface area contributed by atoms with Crippen molar-refractivity contribution in [3.63, 3.8) is 0 Å². The van der Waals surface area contributed by atoms with Crippen molar-refractivity contribution in [2.24, 2.45) is 0 Å². The van der Waals surface area contributed by atoms with E-state index in [4.69, 9.17) is 0 Å². The van der Waals surface area contributed by atoms with Crippen LogP contribution in [0, 0.1) is 0 Å². The van der Waals surface area contributed by atoms with Crippen LogP contribution in [-0.2, 0) is 13.1 Å². The van der Waals surface area contributed by atoms with Gasteiger partial charge in [0.05, 0.1) is 5.69 Å². The molecule has 3 nitrogen and oxygen atoms in total. The number of aromatic nitrogens is 2. The molecule has 0 saturated heterocycles. The average molecular weight is 239 g/mol. The van der Waals surface area contributed by atoms with Crippen molar-refractivity contribution in [1.29, 1.82) is 0 Å². The van der Waals surface area contributed by atoms with Gasteiger partial charge in [0, 0.05) is 19.3 Å². The van der Waals surface area contributed by atoms with Gasteiger partial charge in [0.1, 0.15) is 6.33 Å². The smallest absolute Gasteiger partial charge is 0.115 e. The molecule has 1 N–H and O–H groups in total. The molecule has 2 aromatic rings. The van der Waals surface area contributed by atoms with Crippen LogP contribution in [0.2, 0.25) is 0 Å². The molecule has 92 valence electrons. The number of hydrogen-bond donors (Lipinski definition) is 1. The summed E-state index contributed by atoms with van der Waals surface area (Å²) in [5.74, 6) is 0.807. The lowest BCUT2D eigenvalue weighted by atomic mass is 10.0. The number of nitrogens with one attached hydrogen (secondary N) is 1. The zero-order valence-corrected chi connectivity index (χ0v) is 10.3. The quantitative estimate of drug-likeness (QED) is 0.871. The molecule has 3 heteroatoms. The maximum Gasteiger partial charge on any atom is 0.115 e. The molecule has 0 bridgehead atoms. The highest BCUT2D eigenvalue weighted by molar-refractivity contribution is 5.33. The first kappa shape index (κ1) is 11.4. The van der Waals surface area contributed by atoms with Crippen molar-refractivity contribution >= 4 is 0 Å². The van der Waals surface area contributed by atoms with Gasteiger partial charge in [0.25, 0.3) is 0 Å². The highest BCUT2D eigenvalue weighted by atomic mass is 14.9. The summed E-state index contributed by atoms with van der Waals surface area (Å²) >= 11 is 0. The second-order valence-corrected chi connectivity index (χ2v) is 4.78. The zero-order chi connectivity index (χ0) is 12.2. The van der Waals surface area contributed by atoms with E-state index >= 15 is 0 Å². The molecule has 18 heavy (non-hydrogen) atoms. The molecule has 0 radical (unpaired) electrons. The van der Waals surface area contributed by atoms with E-state index in [1.165, 1.54) is 24.0 Å². The van der Waals surface area contributed by atoms with E-state index in [0.717, 1.165) is 24.7 Å². The molecule has 1 aliphatic rings. The summed E-state index contributed by atoms with van der Waals surface area (Å²) < 4.78 is 0. The Balaban J connectivity index is 1.60. The predicted octanol–water partition coefficient (Wildman–Crippen LogP) is 2.64. The molecule has 1 saturated carbocycles. The highest BCUT2D eigenvalue weighted by Crippen LogP contribution is 2.41. The fourth-order valence-corrected chi connectivity index (χ4v) is 2.24. The average Bonchev–Trinajstić information content (AvgIpc) is 3.25. The number of benzene rings is 1. The Bertz CT molecular complexity index is 506. The first-order valence-corrected chi connectivity index (χ1v) is 6.47. The lowest BCUT2D eigenvalue weighted by Crippen LogP contribution is -2.14. The van der Waals surface area contributed by atoms with Crippen LogP contribution >= 0.6 is 0 Å². The first-order chi connectivity index (χ1) is 8.93. The van der Waals surface area contributed by atoms with Gasteiger partial charge < -0.3 is 5.32 Å². The van der Waals surface area contributed by atoms with Crippen molar-refractivity contribution in [2.75, 3.05) is 0 Å². The van der Waals surface area contributed by atoms with Crippen LogP contribution in [0.5, 0.6) is 0 Å². The summed E-state index contributed by atoms with van der Waals surface area (Å²) in [5, 5.41) is 3.45. The molecule has 1 aliphatic carbocycles. The summed E-state index contributed by atoms with van der Waals surface area (Å²) in [5.41, 5.74) is 3.98. The van der Waals surface area contributed by atoms with Crippen molar-refractivity contribution in [1.82, 2.24) is 15.3 Å². The van der Waals surface area contributed by atoms with Crippen LogP contribution < -0.4 is 5.32 Å². The second kappa shape index (κ2) is 5.27. The van der Waals surface area contributed by atoms with E-state index in [1.807, 2.05) is 6.07 Å². The summed E-state index contributed by atoms with van der Waals surface area (Å²) in [6.07, 6.45) is 6.07. The lowest BCUT2D eigenvalue weighted by Gasteiger charge is -2.09. The van der Waals surface area contributed by atoms with E-state index < -0.39 is 0 Å². The van der Waals surface area contributed by atoms with Crippen LogP contribution in [0.3, 0.4) is 0 Å². The summed E-state index contributed by atoms with van der Waals surface area (Å²) in [6, 6.07) is 10.7. The SMILES string of the molecule is c1ccc(C2CC2)c(CNCc2ccncn2)c1. The third-order valence-electron chi connectivity index (χ3n) is 3.34. The van der Waals surface area contributed by atoms with Crippen LogP contribution in [0.4, 0.5) is 0 Å². The molecule has 0 spiro atoms. The fourth-order valence-electron chi connectivity index (χ4n) is 2.24. The van der Waals surface area contributed by atoms with Crippen molar-refractivity contribution < 1.29 is 0 Å². The van der Waals surface area contributed by atoms with Gasteiger partial charge in [-0.25, -0.2) is 9.97 Å². The maximum atomic E-state index is 4.21. The minimum absolute atomic E-state index is 0.793. The Hall–Kier alpha value is -1.74. The Morgan fingerprint density at radius 1 is 1.11 bits per heavy atom. The second-order valence-electron chi connectivity index (χ2n) is 4.78. The Morgan fingerprint density at radius 2 is 2.00 bits per heavy atom. The Kier molecular flexibility index (Phi) is 3.33. The largest absolute Gasteiger partial charge is 0.307 e. The molecule has 1 fully saturated rings. The molecule has 0 amide bonds. The Labute approximate surface area is 107 Å². The van der Waals surface area contributed by atoms with E-state index in [2.05, 4.69) is 39.6 Å². The molecule has 0 atom stereocenters. The minimum Gasteiger partial charge on any atom is -0.307 e. The third-order valence-corrected chi connectivity index (χ3v) is 3.34. The summed E-state index contributed by atoms with van der Waals surface area (Å²) in [6.45, 7) is 1.71. The molecule has 0 unspecified atom stereocenters. The molecule has 3 rings (SSSR count). The summed E-state index contributed by atoms with van der Waals surface area (Å²) in [4.78, 5) is 8.12. The van der Waals surface area contributed by atoms with Gasteiger partial charge in [0.2, 0.25) is 0 Å². The van der Waals surface area contributed by atoms with Gasteiger partial charge in [-0.1, -0.05) is 24.3 Å². The fraction of sp³-hybridized carbons (Fsp3) is 0.333. The zero-order valence-electron chi connectivity index (χ0n) is 10.3. The molecule has 1 aromatic heterocycles. The van der Waals surface area contributed by atoms with Crippen molar-refractivity contribution in [2.45, 2.75) is 31.8 Å². The first-order valence-electron chi connectivity index (χ1n) is 6.47. The highest BCUT2D eigenvalue weighted by Gasteiger charge is 2.25. The van der Waals surface area contributed by atoms with Crippen LogP contribution in [0.25, 0.3) is 0 Å². The van der Waals surface area contributed by atoms with Crippen LogP contribution in [0.15, 0.2) is 42.9 Å². The molecular formula is C15H17N3. The molecule has 1 aromatic carbocycles. The van der Waals surface area contributed by atoms with Crippen LogP contribution in [0.1, 0.15) is 35.6 Å². The van der Waals surface area contributed by atoms with Gasteiger partial charge >= 0.3 is 0 Å². The topological polar surface area (TPSA) is 37.8 Å². The normalized spacial score (nSPS) is 14.7. The van der Waals surface area contributed by atoms with Gasteiger partial charge in [-0.05, 0) is 36.0 Å². The minimum atomic E-state index is 0.793. The van der Waals surface area contributed by atoms with Gasteiger partial charge in [-0.3, -0.25) is 0 Å². The molecular weight excluding hydrogens is 222 g/mol. The van der Waals surface area contributed by atoms with Crippen molar-refractivity contribution in [3.05, 3.63) is 59.7 Å². The molecule has 1 heterocycles. The van der Waals surface area contributed by atoms with Crippen LogP contribution in [-0.4, -0.2) is 9.97 Å². The summed E-state index contributed by atoms with van der Waals surface area (Å²) in [7, 11) is 0. The van der Waals surface area contributed by atoms with E-state index in [-0.39, 0.29) is 0 Å². The van der Waals surface area contributed by atoms with Gasteiger partial charge in [0.15, 0.2) is 0 Å². The van der Waals surface area contributed by atoms with E-state index in [0.29, 0.717) is 0 Å². The van der Waals surface area contributed by atoms with Gasteiger partial charge in [-0.15, -0.1) is 0 Å². The van der Waals surface area contributed by atoms with Crippen molar-refractivity contribution in [3.8, 4) is 0 Å². The number of nitrogens with zero attached hydrogens (tertiary/aromatic N) is 2. The monoisotopic (exact) mass is 239 g/mol. The maximum absolute atomic E-state index is 4.21.